The van der Waals surface area contributed by atoms with E-state index < -0.39 is 0 Å². The Morgan fingerprint density at radius 2 is 2.00 bits per heavy atom. The minimum atomic E-state index is 0.406. The lowest BCUT2D eigenvalue weighted by molar-refractivity contribution is -0.0610. The fraction of sp³-hybridized carbons (Fsp3) is 1.00. The van der Waals surface area contributed by atoms with Gasteiger partial charge in [-0.25, -0.2) is 0 Å². The van der Waals surface area contributed by atoms with Gasteiger partial charge in [-0.3, -0.25) is 9.80 Å². The maximum atomic E-state index is 5.99. The third-order valence-electron chi connectivity index (χ3n) is 5.38. The molecule has 3 aliphatic rings. The van der Waals surface area contributed by atoms with Crippen LogP contribution in [0, 0.1) is 5.92 Å². The second kappa shape index (κ2) is 6.30. The van der Waals surface area contributed by atoms with Gasteiger partial charge in [-0.2, -0.15) is 0 Å². The minimum Gasteiger partial charge on any atom is -0.374 e. The van der Waals surface area contributed by atoms with Crippen molar-refractivity contribution in [2.45, 2.75) is 44.9 Å². The largest absolute Gasteiger partial charge is 0.374 e. The summed E-state index contributed by atoms with van der Waals surface area (Å²) in [5.74, 6) is 0.734. The number of piperazine rings is 1. The summed E-state index contributed by atoms with van der Waals surface area (Å²) in [4.78, 5) is 7.88. The highest BCUT2D eigenvalue weighted by Crippen LogP contribution is 2.28. The van der Waals surface area contributed by atoms with Gasteiger partial charge in [-0.05, 0) is 32.4 Å². The predicted octanol–water partition coefficient (Wildman–Crippen LogP) is 1.12. The second-order valence-electron chi connectivity index (χ2n) is 7.31. The third kappa shape index (κ3) is 3.19. The topological polar surface area (TPSA) is 19.0 Å². The van der Waals surface area contributed by atoms with Crippen LogP contribution in [-0.2, 0) is 4.74 Å². The maximum Gasteiger partial charge on any atom is 0.0829 e. The van der Waals surface area contributed by atoms with Gasteiger partial charge in [0, 0.05) is 44.8 Å². The monoisotopic (exact) mass is 281 g/mol. The van der Waals surface area contributed by atoms with Crippen molar-refractivity contribution in [3.05, 3.63) is 0 Å². The van der Waals surface area contributed by atoms with Gasteiger partial charge < -0.3 is 9.64 Å². The van der Waals surface area contributed by atoms with Crippen LogP contribution >= 0.6 is 0 Å². The van der Waals surface area contributed by atoms with Gasteiger partial charge in [-0.1, -0.05) is 13.8 Å². The van der Waals surface area contributed by atoms with E-state index in [2.05, 4.69) is 35.6 Å². The van der Waals surface area contributed by atoms with Gasteiger partial charge in [-0.15, -0.1) is 0 Å². The number of rotatable bonds is 3. The van der Waals surface area contributed by atoms with Crippen molar-refractivity contribution in [1.82, 2.24) is 14.7 Å². The van der Waals surface area contributed by atoms with E-state index in [0.717, 1.165) is 38.2 Å². The van der Waals surface area contributed by atoms with Gasteiger partial charge >= 0.3 is 0 Å². The normalized spacial score (nSPS) is 37.5. The molecule has 4 heteroatoms. The standard InChI is InChI=1S/C16H31N3O/c1-13(2)16-12-18-6-4-5-14(18)9-19(16)11-15-10-17(3)7-8-20-15/h13-16H,4-12H2,1-3H3. The Hall–Kier alpha value is -0.160. The number of fused-ring (bicyclic) bond motifs is 1. The zero-order valence-corrected chi connectivity index (χ0v) is 13.4. The molecule has 0 saturated carbocycles. The highest BCUT2D eigenvalue weighted by molar-refractivity contribution is 4.94. The summed E-state index contributed by atoms with van der Waals surface area (Å²) in [6.07, 6.45) is 3.20. The summed E-state index contributed by atoms with van der Waals surface area (Å²) >= 11 is 0. The lowest BCUT2D eigenvalue weighted by atomic mass is 9.97. The molecule has 3 rings (SSSR count). The molecule has 116 valence electrons. The zero-order valence-electron chi connectivity index (χ0n) is 13.4. The molecule has 0 amide bonds. The van der Waals surface area contributed by atoms with Gasteiger partial charge in [0.15, 0.2) is 0 Å². The van der Waals surface area contributed by atoms with Crippen LogP contribution in [-0.4, -0.2) is 85.8 Å². The van der Waals surface area contributed by atoms with E-state index in [-0.39, 0.29) is 0 Å². The van der Waals surface area contributed by atoms with E-state index in [9.17, 15) is 0 Å². The Morgan fingerprint density at radius 1 is 1.15 bits per heavy atom. The summed E-state index contributed by atoms with van der Waals surface area (Å²) in [6.45, 7) is 12.8. The molecule has 0 aromatic rings. The lowest BCUT2D eigenvalue weighted by Crippen LogP contribution is -2.60. The number of likely N-dealkylation sites (N-methyl/N-ethyl adjacent to an activating group) is 1. The molecule has 3 atom stereocenters. The van der Waals surface area contributed by atoms with Gasteiger partial charge in [0.25, 0.3) is 0 Å². The molecule has 0 bridgehead atoms. The first kappa shape index (κ1) is 14.8. The number of hydrogen-bond acceptors (Lipinski definition) is 4. The summed E-state index contributed by atoms with van der Waals surface area (Å²) < 4.78 is 5.99. The van der Waals surface area contributed by atoms with E-state index >= 15 is 0 Å². The molecule has 20 heavy (non-hydrogen) atoms. The van der Waals surface area contributed by atoms with Crippen LogP contribution in [0.4, 0.5) is 0 Å². The van der Waals surface area contributed by atoms with Gasteiger partial charge in [0.1, 0.15) is 0 Å². The Bertz CT molecular complexity index is 323. The molecule has 3 heterocycles. The van der Waals surface area contributed by atoms with Gasteiger partial charge in [0.05, 0.1) is 12.7 Å². The molecule has 0 aromatic carbocycles. The molecule has 3 fully saturated rings. The first-order valence-corrected chi connectivity index (χ1v) is 8.41. The molecular weight excluding hydrogens is 250 g/mol. The molecular formula is C16H31N3O. The Morgan fingerprint density at radius 3 is 2.75 bits per heavy atom. The smallest absolute Gasteiger partial charge is 0.0829 e. The van der Waals surface area contributed by atoms with Crippen molar-refractivity contribution in [3.63, 3.8) is 0 Å². The average molecular weight is 281 g/mol. The highest BCUT2D eigenvalue weighted by Gasteiger charge is 2.38. The number of ether oxygens (including phenoxy) is 1. The Kier molecular flexibility index (Phi) is 4.65. The van der Waals surface area contributed by atoms with E-state index in [4.69, 9.17) is 4.74 Å². The van der Waals surface area contributed by atoms with Crippen molar-refractivity contribution in [2.75, 3.05) is 52.9 Å². The molecule has 0 aliphatic carbocycles. The first-order valence-electron chi connectivity index (χ1n) is 8.41. The Balaban J connectivity index is 1.62. The minimum absolute atomic E-state index is 0.406. The van der Waals surface area contributed by atoms with Crippen molar-refractivity contribution in [2.24, 2.45) is 5.92 Å². The summed E-state index contributed by atoms with van der Waals surface area (Å²) in [7, 11) is 2.21. The highest BCUT2D eigenvalue weighted by atomic mass is 16.5. The number of morpholine rings is 1. The fourth-order valence-corrected chi connectivity index (χ4v) is 4.19. The summed E-state index contributed by atoms with van der Waals surface area (Å²) in [5.41, 5.74) is 0. The lowest BCUT2D eigenvalue weighted by Gasteiger charge is -2.47. The average Bonchev–Trinajstić information content (AvgIpc) is 2.84. The quantitative estimate of drug-likeness (QED) is 0.772. The molecule has 0 aromatic heterocycles. The van der Waals surface area contributed by atoms with E-state index in [1.165, 1.54) is 32.5 Å². The van der Waals surface area contributed by atoms with E-state index in [1.807, 2.05) is 0 Å². The fourth-order valence-electron chi connectivity index (χ4n) is 4.19. The van der Waals surface area contributed by atoms with Crippen molar-refractivity contribution in [1.29, 1.82) is 0 Å². The van der Waals surface area contributed by atoms with Crippen LogP contribution < -0.4 is 0 Å². The third-order valence-corrected chi connectivity index (χ3v) is 5.38. The zero-order chi connectivity index (χ0) is 14.1. The molecule has 3 unspecified atom stereocenters. The molecule has 0 spiro atoms. The maximum absolute atomic E-state index is 5.99. The first-order chi connectivity index (χ1) is 9.63. The van der Waals surface area contributed by atoms with Crippen LogP contribution in [0.1, 0.15) is 26.7 Å². The molecule has 4 nitrogen and oxygen atoms in total. The number of hydrogen-bond donors (Lipinski definition) is 0. The van der Waals surface area contributed by atoms with Crippen LogP contribution in [0.5, 0.6) is 0 Å². The molecule has 0 N–H and O–H groups in total. The second-order valence-corrected chi connectivity index (χ2v) is 7.31. The number of nitrogens with zero attached hydrogens (tertiary/aromatic N) is 3. The molecule has 0 radical (unpaired) electrons. The molecule has 3 aliphatic heterocycles. The van der Waals surface area contributed by atoms with Gasteiger partial charge in [0.2, 0.25) is 0 Å². The SMILES string of the molecule is CC(C)C1CN2CCCC2CN1CC1CN(C)CCO1. The van der Waals surface area contributed by atoms with Crippen LogP contribution in [0.3, 0.4) is 0 Å². The van der Waals surface area contributed by atoms with E-state index in [0.29, 0.717) is 12.1 Å². The van der Waals surface area contributed by atoms with E-state index in [1.54, 1.807) is 0 Å². The van der Waals surface area contributed by atoms with Crippen LogP contribution in [0.25, 0.3) is 0 Å². The Labute approximate surface area is 124 Å². The van der Waals surface area contributed by atoms with Crippen LogP contribution in [0.15, 0.2) is 0 Å². The van der Waals surface area contributed by atoms with Crippen molar-refractivity contribution in [3.8, 4) is 0 Å². The predicted molar refractivity (Wildman–Crippen MR) is 82.0 cm³/mol. The van der Waals surface area contributed by atoms with Crippen molar-refractivity contribution < 1.29 is 4.74 Å². The van der Waals surface area contributed by atoms with Crippen LogP contribution in [0.2, 0.25) is 0 Å². The van der Waals surface area contributed by atoms with Crippen molar-refractivity contribution >= 4 is 0 Å². The summed E-state index contributed by atoms with van der Waals surface area (Å²) in [6, 6.07) is 1.52. The summed E-state index contributed by atoms with van der Waals surface area (Å²) in [5, 5.41) is 0. The molecule has 3 saturated heterocycles.